The molecule has 4 heterocycles. The van der Waals surface area contributed by atoms with Crippen LogP contribution < -0.4 is 10.6 Å². The number of fused-ring (bicyclic) bond motifs is 1. The second-order valence-electron chi connectivity index (χ2n) is 9.73. The molecule has 2 N–H and O–H groups in total. The average Bonchev–Trinajstić information content (AvgIpc) is 3.01. The molecule has 1 aromatic heterocycles. The summed E-state index contributed by atoms with van der Waals surface area (Å²) in [6, 6.07) is 0.852. The predicted molar refractivity (Wildman–Crippen MR) is 105 cm³/mol. The first kappa shape index (κ1) is 19.3. The normalized spacial score (nSPS) is 34.4. The Hall–Kier alpha value is -2.68. The molecule has 5 rings (SSSR count). The number of hydrogen-bond acceptors (Lipinski definition) is 6. The number of aromatic nitrogens is 1. The Morgan fingerprint density at radius 1 is 1.27 bits per heavy atom. The number of aryl methyl sites for hydroxylation is 1. The highest BCUT2D eigenvalue weighted by Crippen LogP contribution is 2.57. The minimum absolute atomic E-state index is 0.0196. The number of ether oxygens (including phenoxy) is 1. The fraction of sp³-hybridized carbons (Fsp3) is 0.619. The first-order chi connectivity index (χ1) is 14.1. The molecule has 0 aromatic carbocycles. The van der Waals surface area contributed by atoms with Gasteiger partial charge in [-0.2, -0.15) is 0 Å². The van der Waals surface area contributed by atoms with Crippen LogP contribution in [0.5, 0.6) is 0 Å². The maximum Gasteiger partial charge on any atom is 0.246 e. The van der Waals surface area contributed by atoms with Crippen molar-refractivity contribution in [3.63, 3.8) is 0 Å². The van der Waals surface area contributed by atoms with E-state index in [2.05, 4.69) is 15.8 Å². The lowest BCUT2D eigenvalue weighted by atomic mass is 9.74. The van der Waals surface area contributed by atoms with Crippen molar-refractivity contribution in [2.75, 3.05) is 5.32 Å². The van der Waals surface area contributed by atoms with Crippen LogP contribution in [0.2, 0.25) is 0 Å². The highest BCUT2D eigenvalue weighted by molar-refractivity contribution is 6.02. The van der Waals surface area contributed by atoms with Crippen molar-refractivity contribution < 1.29 is 23.6 Å². The largest absolute Gasteiger partial charge is 0.360 e. The Labute approximate surface area is 174 Å². The third-order valence-corrected chi connectivity index (χ3v) is 6.18. The van der Waals surface area contributed by atoms with Gasteiger partial charge in [0.2, 0.25) is 17.7 Å². The first-order valence-corrected chi connectivity index (χ1v) is 10.4. The Balaban J connectivity index is 1.48. The van der Waals surface area contributed by atoms with Crippen molar-refractivity contribution in [3.8, 4) is 0 Å². The zero-order valence-electron chi connectivity index (χ0n) is 17.5. The molecule has 30 heavy (non-hydrogen) atoms. The molecule has 0 unspecified atom stereocenters. The Morgan fingerprint density at radius 2 is 2.00 bits per heavy atom. The number of likely N-dealkylation sites (tertiary alicyclic amines) is 1. The van der Waals surface area contributed by atoms with E-state index in [0.29, 0.717) is 11.6 Å². The minimum Gasteiger partial charge on any atom is -0.360 e. The number of nitrogens with zero attached hydrogens (tertiary/aromatic N) is 2. The number of rotatable bonds is 4. The summed E-state index contributed by atoms with van der Waals surface area (Å²) in [6.07, 6.45) is 4.78. The van der Waals surface area contributed by atoms with E-state index in [-0.39, 0.29) is 23.8 Å². The van der Waals surface area contributed by atoms with Crippen molar-refractivity contribution in [1.29, 1.82) is 0 Å². The lowest BCUT2D eigenvalue weighted by Gasteiger charge is -2.34. The molecule has 3 aliphatic heterocycles. The van der Waals surface area contributed by atoms with Crippen molar-refractivity contribution in [2.45, 2.75) is 69.9 Å². The molecule has 3 amide bonds. The van der Waals surface area contributed by atoms with Crippen LogP contribution in [0.15, 0.2) is 22.7 Å². The molecule has 9 nitrogen and oxygen atoms in total. The summed E-state index contributed by atoms with van der Waals surface area (Å²) in [6.45, 7) is 7.43. The van der Waals surface area contributed by atoms with E-state index in [4.69, 9.17) is 9.26 Å². The average molecular weight is 414 g/mol. The van der Waals surface area contributed by atoms with E-state index in [0.717, 1.165) is 12.8 Å². The molecule has 1 spiro atoms. The van der Waals surface area contributed by atoms with Gasteiger partial charge in [-0.1, -0.05) is 17.3 Å². The number of amides is 3. The maximum absolute atomic E-state index is 13.5. The topological polar surface area (TPSA) is 114 Å². The molecule has 2 saturated heterocycles. The van der Waals surface area contributed by atoms with Crippen molar-refractivity contribution in [2.24, 2.45) is 11.8 Å². The van der Waals surface area contributed by atoms with E-state index < -0.39 is 35.1 Å². The second-order valence-corrected chi connectivity index (χ2v) is 9.73. The van der Waals surface area contributed by atoms with E-state index >= 15 is 0 Å². The van der Waals surface area contributed by atoms with Crippen LogP contribution in [-0.4, -0.2) is 57.1 Å². The van der Waals surface area contributed by atoms with E-state index in [1.807, 2.05) is 26.8 Å². The zero-order chi connectivity index (χ0) is 21.4. The first-order valence-electron chi connectivity index (χ1n) is 10.4. The third kappa shape index (κ3) is 2.79. The summed E-state index contributed by atoms with van der Waals surface area (Å²) >= 11 is 0. The minimum atomic E-state index is -1.12. The summed E-state index contributed by atoms with van der Waals surface area (Å²) in [5.74, 6) is -1.39. The van der Waals surface area contributed by atoms with Gasteiger partial charge in [-0.3, -0.25) is 14.4 Å². The van der Waals surface area contributed by atoms with Crippen LogP contribution in [-0.2, 0) is 19.1 Å². The number of nitrogens with one attached hydrogen (secondary N) is 2. The Kier molecular flexibility index (Phi) is 3.96. The predicted octanol–water partition coefficient (Wildman–Crippen LogP) is 1.15. The van der Waals surface area contributed by atoms with Crippen LogP contribution in [0.4, 0.5) is 5.82 Å². The van der Waals surface area contributed by atoms with Crippen molar-refractivity contribution in [1.82, 2.24) is 15.4 Å². The van der Waals surface area contributed by atoms with E-state index in [1.54, 1.807) is 24.0 Å². The summed E-state index contributed by atoms with van der Waals surface area (Å²) < 4.78 is 11.3. The van der Waals surface area contributed by atoms with E-state index in [9.17, 15) is 14.4 Å². The summed E-state index contributed by atoms with van der Waals surface area (Å²) in [7, 11) is 0. The third-order valence-electron chi connectivity index (χ3n) is 6.18. The van der Waals surface area contributed by atoms with Crippen molar-refractivity contribution in [3.05, 3.63) is 24.0 Å². The second kappa shape index (κ2) is 6.16. The van der Waals surface area contributed by atoms with Crippen LogP contribution in [0.25, 0.3) is 0 Å². The van der Waals surface area contributed by atoms with Crippen LogP contribution in [0.1, 0.15) is 39.4 Å². The van der Waals surface area contributed by atoms with Gasteiger partial charge in [0.1, 0.15) is 17.4 Å². The molecule has 9 heteroatoms. The van der Waals surface area contributed by atoms with Crippen molar-refractivity contribution >= 4 is 23.5 Å². The molecule has 1 saturated carbocycles. The molecular weight excluding hydrogens is 388 g/mol. The molecule has 4 aliphatic rings. The molecule has 5 atom stereocenters. The van der Waals surface area contributed by atoms with Gasteiger partial charge in [-0.25, -0.2) is 0 Å². The molecule has 3 fully saturated rings. The fourth-order valence-electron chi connectivity index (χ4n) is 5.03. The molecule has 2 bridgehead atoms. The SMILES string of the molecule is Cc1cc(NC(=O)[C@@H]2[C@H]3C(=O)N(C4CC4)[C@H](C(=O)NC(C)(C)C)[C@]34C=C[C@H]2O4)no1. The standard InChI is InChI=1S/C21H26N4O5/c1-10-9-13(24-30-10)22-17(26)14-12-7-8-21(29-12)15(14)19(28)25(11-5-6-11)16(21)18(27)23-20(2,3)4/h7-9,11-12,14-16H,5-6H2,1-4H3,(H,23,27)(H,22,24,26)/t12-,14+,15+,16-,21+/m1/s1. The molecule has 1 aliphatic carbocycles. The molecular formula is C21H26N4O5. The lowest BCUT2D eigenvalue weighted by molar-refractivity contribution is -0.142. The number of anilines is 1. The van der Waals surface area contributed by atoms with Gasteiger partial charge in [-0.15, -0.1) is 0 Å². The molecule has 1 aromatic rings. The van der Waals surface area contributed by atoms with Gasteiger partial charge in [-0.05, 0) is 40.5 Å². The zero-order valence-corrected chi connectivity index (χ0v) is 17.5. The van der Waals surface area contributed by atoms with Gasteiger partial charge >= 0.3 is 0 Å². The summed E-state index contributed by atoms with van der Waals surface area (Å²) in [5.41, 5.74) is -1.58. The monoisotopic (exact) mass is 414 g/mol. The summed E-state index contributed by atoms with van der Waals surface area (Å²) in [5, 5.41) is 9.54. The highest BCUT2D eigenvalue weighted by Gasteiger charge is 2.74. The fourth-order valence-corrected chi connectivity index (χ4v) is 5.03. The molecule has 160 valence electrons. The van der Waals surface area contributed by atoms with Crippen LogP contribution >= 0.6 is 0 Å². The number of hydrogen-bond donors (Lipinski definition) is 2. The van der Waals surface area contributed by atoms with Gasteiger partial charge < -0.3 is 24.8 Å². The van der Waals surface area contributed by atoms with Crippen LogP contribution in [0.3, 0.4) is 0 Å². The summed E-state index contributed by atoms with van der Waals surface area (Å²) in [4.78, 5) is 41.6. The van der Waals surface area contributed by atoms with Gasteiger partial charge in [0, 0.05) is 17.6 Å². The quantitative estimate of drug-likeness (QED) is 0.715. The molecule has 0 radical (unpaired) electrons. The van der Waals surface area contributed by atoms with Gasteiger partial charge in [0.15, 0.2) is 5.82 Å². The smallest absolute Gasteiger partial charge is 0.246 e. The highest BCUT2D eigenvalue weighted by atomic mass is 16.5. The van der Waals surface area contributed by atoms with Gasteiger partial charge in [0.05, 0.1) is 17.9 Å². The number of carbonyl (C=O) groups excluding carboxylic acids is 3. The van der Waals surface area contributed by atoms with E-state index in [1.165, 1.54) is 0 Å². The van der Waals surface area contributed by atoms with Crippen LogP contribution in [0, 0.1) is 18.8 Å². The number of carbonyl (C=O) groups is 3. The Morgan fingerprint density at radius 3 is 2.60 bits per heavy atom. The Bertz CT molecular complexity index is 959. The van der Waals surface area contributed by atoms with Gasteiger partial charge in [0.25, 0.3) is 0 Å². The maximum atomic E-state index is 13.5. The lowest BCUT2D eigenvalue weighted by Crippen LogP contribution is -2.58.